The molecule has 90 valence electrons. The number of sulfonamides is 1. The summed E-state index contributed by atoms with van der Waals surface area (Å²) < 4.78 is 27.6. The molecule has 2 N–H and O–H groups in total. The Bertz CT molecular complexity index is 425. The van der Waals surface area contributed by atoms with Crippen molar-refractivity contribution in [2.24, 2.45) is 5.14 Å². The lowest BCUT2D eigenvalue weighted by Crippen LogP contribution is -2.13. The molecule has 1 aromatic rings. The quantitative estimate of drug-likeness (QED) is 0.858. The molecule has 0 spiro atoms. The molecule has 0 aliphatic rings. The van der Waals surface area contributed by atoms with Gasteiger partial charge in [0.1, 0.15) is 5.75 Å². The lowest BCUT2D eigenvalue weighted by atomic mass is 10.2. The van der Waals surface area contributed by atoms with Crippen LogP contribution < -0.4 is 9.88 Å². The number of ether oxygens (including phenoxy) is 1. The van der Waals surface area contributed by atoms with Crippen molar-refractivity contribution >= 4 is 10.0 Å². The van der Waals surface area contributed by atoms with Crippen LogP contribution in [0.15, 0.2) is 29.2 Å². The van der Waals surface area contributed by atoms with Gasteiger partial charge in [-0.2, -0.15) is 0 Å². The van der Waals surface area contributed by atoms with E-state index in [1.165, 1.54) is 12.1 Å². The molecule has 0 heterocycles. The van der Waals surface area contributed by atoms with Gasteiger partial charge < -0.3 is 4.74 Å². The lowest BCUT2D eigenvalue weighted by Gasteiger charge is -2.13. The van der Waals surface area contributed by atoms with Crippen molar-refractivity contribution in [3.8, 4) is 5.75 Å². The molecular formula is C11H17NO3S. The number of hydrogen-bond donors (Lipinski definition) is 1. The van der Waals surface area contributed by atoms with E-state index in [9.17, 15) is 8.42 Å². The first kappa shape index (κ1) is 13.0. The molecule has 16 heavy (non-hydrogen) atoms. The first-order chi connectivity index (χ1) is 7.43. The number of benzene rings is 1. The number of hydrogen-bond acceptors (Lipinski definition) is 3. The Labute approximate surface area is 96.5 Å². The van der Waals surface area contributed by atoms with Gasteiger partial charge in [-0.3, -0.25) is 0 Å². The van der Waals surface area contributed by atoms with E-state index < -0.39 is 10.0 Å². The first-order valence-electron chi connectivity index (χ1n) is 5.23. The maximum Gasteiger partial charge on any atom is 0.238 e. The fraction of sp³-hybridized carbons (Fsp3) is 0.455. The minimum atomic E-state index is -3.61. The molecule has 0 bridgehead atoms. The molecular weight excluding hydrogens is 226 g/mol. The van der Waals surface area contributed by atoms with E-state index in [0.717, 1.165) is 12.8 Å². The van der Waals surface area contributed by atoms with Gasteiger partial charge in [0.25, 0.3) is 0 Å². The Morgan fingerprint density at radius 1 is 1.31 bits per heavy atom. The normalized spacial score (nSPS) is 13.4. The molecule has 5 heteroatoms. The van der Waals surface area contributed by atoms with E-state index in [0.29, 0.717) is 5.75 Å². The van der Waals surface area contributed by atoms with E-state index in [1.54, 1.807) is 12.1 Å². The third kappa shape index (κ3) is 3.83. The van der Waals surface area contributed by atoms with Crippen LogP contribution in [0.1, 0.15) is 26.7 Å². The van der Waals surface area contributed by atoms with Crippen LogP contribution in [-0.4, -0.2) is 14.5 Å². The second-order valence-electron chi connectivity index (χ2n) is 3.73. The van der Waals surface area contributed by atoms with Gasteiger partial charge in [0.2, 0.25) is 10.0 Å². The second kappa shape index (κ2) is 5.32. The van der Waals surface area contributed by atoms with Gasteiger partial charge in [0, 0.05) is 0 Å². The first-order valence-corrected chi connectivity index (χ1v) is 6.77. The van der Waals surface area contributed by atoms with Crippen LogP contribution in [-0.2, 0) is 10.0 Å². The van der Waals surface area contributed by atoms with Crippen LogP contribution >= 0.6 is 0 Å². The van der Waals surface area contributed by atoms with Gasteiger partial charge >= 0.3 is 0 Å². The topological polar surface area (TPSA) is 69.4 Å². The minimum absolute atomic E-state index is 0.1000. The zero-order valence-corrected chi connectivity index (χ0v) is 10.3. The summed E-state index contributed by atoms with van der Waals surface area (Å²) in [5, 5.41) is 4.99. The fourth-order valence-corrected chi connectivity index (χ4v) is 1.92. The molecule has 1 rings (SSSR count). The molecule has 1 atom stereocenters. The number of nitrogens with two attached hydrogens (primary N) is 1. The molecule has 0 saturated heterocycles. The summed E-state index contributed by atoms with van der Waals surface area (Å²) in [5.41, 5.74) is 0. The highest BCUT2D eigenvalue weighted by Gasteiger charge is 2.08. The van der Waals surface area contributed by atoms with Crippen LogP contribution in [0.3, 0.4) is 0 Å². The summed E-state index contributed by atoms with van der Waals surface area (Å²) in [6.07, 6.45) is 2.15. The predicted octanol–water partition coefficient (Wildman–Crippen LogP) is 1.90. The van der Waals surface area contributed by atoms with E-state index in [2.05, 4.69) is 6.92 Å². The summed E-state index contributed by atoms with van der Waals surface area (Å²) >= 11 is 0. The summed E-state index contributed by atoms with van der Waals surface area (Å²) in [5.74, 6) is 0.661. The highest BCUT2D eigenvalue weighted by molar-refractivity contribution is 7.89. The van der Waals surface area contributed by atoms with E-state index >= 15 is 0 Å². The number of rotatable bonds is 5. The lowest BCUT2D eigenvalue weighted by molar-refractivity contribution is 0.210. The standard InChI is InChI=1S/C11H17NO3S/c1-3-4-9(2)15-10-5-7-11(8-6-10)16(12,13)14/h5-9H,3-4H2,1-2H3,(H2,12,13,14). The average molecular weight is 243 g/mol. The molecule has 4 nitrogen and oxygen atoms in total. The van der Waals surface area contributed by atoms with Crippen LogP contribution in [0.5, 0.6) is 5.75 Å². The molecule has 0 aliphatic heterocycles. The summed E-state index contributed by atoms with van der Waals surface area (Å²) in [6, 6.07) is 6.13. The molecule has 0 aromatic heterocycles. The summed E-state index contributed by atoms with van der Waals surface area (Å²) in [7, 11) is -3.61. The van der Waals surface area contributed by atoms with Crippen LogP contribution in [0, 0.1) is 0 Å². The van der Waals surface area contributed by atoms with E-state index in [4.69, 9.17) is 9.88 Å². The molecule has 0 amide bonds. The van der Waals surface area contributed by atoms with Crippen molar-refractivity contribution in [1.29, 1.82) is 0 Å². The monoisotopic (exact) mass is 243 g/mol. The van der Waals surface area contributed by atoms with Crippen molar-refractivity contribution < 1.29 is 13.2 Å². The Kier molecular flexibility index (Phi) is 4.32. The van der Waals surface area contributed by atoms with Gasteiger partial charge in [-0.25, -0.2) is 13.6 Å². The molecule has 0 fully saturated rings. The second-order valence-corrected chi connectivity index (χ2v) is 5.29. The Morgan fingerprint density at radius 2 is 1.88 bits per heavy atom. The third-order valence-electron chi connectivity index (χ3n) is 2.18. The largest absolute Gasteiger partial charge is 0.491 e. The van der Waals surface area contributed by atoms with E-state index in [1.807, 2.05) is 6.92 Å². The minimum Gasteiger partial charge on any atom is -0.491 e. The van der Waals surface area contributed by atoms with Crippen LogP contribution in [0.25, 0.3) is 0 Å². The Morgan fingerprint density at radius 3 is 2.31 bits per heavy atom. The predicted molar refractivity (Wildman–Crippen MR) is 62.8 cm³/mol. The SMILES string of the molecule is CCCC(C)Oc1ccc(S(N)(=O)=O)cc1. The van der Waals surface area contributed by atoms with Crippen molar-refractivity contribution in [1.82, 2.24) is 0 Å². The Hall–Kier alpha value is -1.07. The van der Waals surface area contributed by atoms with Crippen molar-refractivity contribution in [3.63, 3.8) is 0 Å². The van der Waals surface area contributed by atoms with Crippen molar-refractivity contribution in [3.05, 3.63) is 24.3 Å². The van der Waals surface area contributed by atoms with Gasteiger partial charge in [0.15, 0.2) is 0 Å². The van der Waals surface area contributed by atoms with Gasteiger partial charge in [0.05, 0.1) is 11.0 Å². The Balaban J connectivity index is 2.72. The molecule has 1 unspecified atom stereocenters. The molecule has 0 aliphatic carbocycles. The zero-order valence-electron chi connectivity index (χ0n) is 9.51. The zero-order chi connectivity index (χ0) is 12.2. The maximum atomic E-state index is 11.0. The summed E-state index contributed by atoms with van der Waals surface area (Å²) in [6.45, 7) is 4.07. The molecule has 0 saturated carbocycles. The summed E-state index contributed by atoms with van der Waals surface area (Å²) in [4.78, 5) is 0.1000. The highest BCUT2D eigenvalue weighted by atomic mass is 32.2. The maximum absolute atomic E-state index is 11.0. The average Bonchev–Trinajstić information content (AvgIpc) is 2.17. The van der Waals surface area contributed by atoms with Gasteiger partial charge in [-0.1, -0.05) is 13.3 Å². The third-order valence-corrected chi connectivity index (χ3v) is 3.11. The van der Waals surface area contributed by atoms with Crippen molar-refractivity contribution in [2.75, 3.05) is 0 Å². The van der Waals surface area contributed by atoms with Gasteiger partial charge in [-0.05, 0) is 37.6 Å². The number of primary sulfonamides is 1. The van der Waals surface area contributed by atoms with Crippen molar-refractivity contribution in [2.45, 2.75) is 37.7 Å². The van der Waals surface area contributed by atoms with Crippen LogP contribution in [0.2, 0.25) is 0 Å². The smallest absolute Gasteiger partial charge is 0.238 e. The van der Waals surface area contributed by atoms with Gasteiger partial charge in [-0.15, -0.1) is 0 Å². The van der Waals surface area contributed by atoms with E-state index in [-0.39, 0.29) is 11.0 Å². The fourth-order valence-electron chi connectivity index (χ4n) is 1.41. The molecule has 1 aromatic carbocycles. The van der Waals surface area contributed by atoms with Crippen LogP contribution in [0.4, 0.5) is 0 Å². The molecule has 0 radical (unpaired) electrons. The highest BCUT2D eigenvalue weighted by Crippen LogP contribution is 2.17.